The molecule has 168 valence electrons. The van der Waals surface area contributed by atoms with Gasteiger partial charge < -0.3 is 4.74 Å². The second-order valence-electron chi connectivity index (χ2n) is 7.63. The van der Waals surface area contributed by atoms with Gasteiger partial charge in [0.1, 0.15) is 0 Å². The summed E-state index contributed by atoms with van der Waals surface area (Å²) in [6.07, 6.45) is 0.772. The molecule has 8 nitrogen and oxygen atoms in total. The van der Waals surface area contributed by atoms with Gasteiger partial charge in [0.05, 0.1) is 28.4 Å². The summed E-state index contributed by atoms with van der Waals surface area (Å²) in [6.45, 7) is 6.50. The number of hydrogen-bond acceptors (Lipinski definition) is 7. The molecular formula is C22H23ClN4O4S. The Balaban J connectivity index is 1.60. The lowest BCUT2D eigenvalue weighted by Crippen LogP contribution is -2.39. The fraction of sp³-hybridized carbons (Fsp3) is 0.364. The Morgan fingerprint density at radius 2 is 2.00 bits per heavy atom. The molecule has 2 aromatic carbocycles. The fourth-order valence-electron chi connectivity index (χ4n) is 3.70. The van der Waals surface area contributed by atoms with Crippen LogP contribution < -0.4 is 4.90 Å². The van der Waals surface area contributed by atoms with Crippen molar-refractivity contribution in [2.45, 2.75) is 13.3 Å². The molecule has 0 radical (unpaired) electrons. The van der Waals surface area contributed by atoms with E-state index in [-0.39, 0.29) is 11.6 Å². The Bertz CT molecular complexity index is 1130. The number of nitro benzene ring substituents is 1. The van der Waals surface area contributed by atoms with Crippen molar-refractivity contribution in [1.29, 1.82) is 0 Å². The van der Waals surface area contributed by atoms with Gasteiger partial charge >= 0.3 is 0 Å². The molecule has 0 saturated carbocycles. The van der Waals surface area contributed by atoms with Crippen molar-refractivity contribution >= 4 is 49.9 Å². The van der Waals surface area contributed by atoms with Gasteiger partial charge in [0, 0.05) is 48.9 Å². The number of aromatic nitrogens is 1. The van der Waals surface area contributed by atoms with Crippen molar-refractivity contribution in [2.24, 2.45) is 0 Å². The third-order valence-electron chi connectivity index (χ3n) is 5.40. The standard InChI is InChI=1S/C22H23ClN4O4S/c1-15-13-17(23)14-19-20(15)24-22(32-19)26(8-2-7-25-9-11-31-12-10-25)21(28)16-3-5-18(6-4-16)27(29)30/h3-6,13-14H,2,7-12H2,1H3. The quantitative estimate of drug-likeness (QED) is 0.369. The van der Waals surface area contributed by atoms with Crippen LogP contribution in [0.3, 0.4) is 0 Å². The van der Waals surface area contributed by atoms with E-state index in [9.17, 15) is 14.9 Å². The maximum absolute atomic E-state index is 13.4. The summed E-state index contributed by atoms with van der Waals surface area (Å²) in [6, 6.07) is 9.39. The number of halogens is 1. The van der Waals surface area contributed by atoms with Crippen LogP contribution in [0.5, 0.6) is 0 Å². The number of anilines is 1. The zero-order valence-corrected chi connectivity index (χ0v) is 19.2. The molecule has 0 bridgehead atoms. The van der Waals surface area contributed by atoms with E-state index in [1.807, 2.05) is 19.1 Å². The van der Waals surface area contributed by atoms with Gasteiger partial charge in [0.2, 0.25) is 0 Å². The molecule has 1 aliphatic heterocycles. The smallest absolute Gasteiger partial charge is 0.269 e. The number of hydrogen-bond donors (Lipinski definition) is 0. The lowest BCUT2D eigenvalue weighted by Gasteiger charge is -2.27. The molecule has 0 atom stereocenters. The highest BCUT2D eigenvalue weighted by molar-refractivity contribution is 7.22. The summed E-state index contributed by atoms with van der Waals surface area (Å²) in [5.41, 5.74) is 2.11. The zero-order chi connectivity index (χ0) is 22.7. The lowest BCUT2D eigenvalue weighted by atomic mass is 10.2. The van der Waals surface area contributed by atoms with Gasteiger partial charge in [-0.05, 0) is 43.2 Å². The van der Waals surface area contributed by atoms with E-state index in [1.54, 1.807) is 4.90 Å². The number of amides is 1. The topological polar surface area (TPSA) is 88.8 Å². The summed E-state index contributed by atoms with van der Waals surface area (Å²) in [4.78, 5) is 32.6. The van der Waals surface area contributed by atoms with Gasteiger partial charge in [-0.25, -0.2) is 4.98 Å². The molecule has 1 aliphatic rings. The first-order valence-corrected chi connectivity index (χ1v) is 11.5. The average molecular weight is 475 g/mol. The monoisotopic (exact) mass is 474 g/mol. The van der Waals surface area contributed by atoms with Crippen LogP contribution in [0.1, 0.15) is 22.3 Å². The third-order valence-corrected chi connectivity index (χ3v) is 6.64. The summed E-state index contributed by atoms with van der Waals surface area (Å²) < 4.78 is 6.32. The number of fused-ring (bicyclic) bond motifs is 1. The molecule has 0 unspecified atom stereocenters. The number of nitrogens with zero attached hydrogens (tertiary/aromatic N) is 4. The maximum Gasteiger partial charge on any atom is 0.269 e. The van der Waals surface area contributed by atoms with Crippen molar-refractivity contribution in [3.63, 3.8) is 0 Å². The molecule has 3 aromatic rings. The molecule has 0 N–H and O–H groups in total. The van der Waals surface area contributed by atoms with Crippen molar-refractivity contribution in [3.8, 4) is 0 Å². The highest BCUT2D eigenvalue weighted by atomic mass is 35.5. The van der Waals surface area contributed by atoms with E-state index in [1.165, 1.54) is 35.6 Å². The first-order chi connectivity index (χ1) is 15.4. The summed E-state index contributed by atoms with van der Waals surface area (Å²) in [5, 5.41) is 12.2. The van der Waals surface area contributed by atoms with Gasteiger partial charge in [-0.1, -0.05) is 22.9 Å². The molecule has 10 heteroatoms. The molecule has 4 rings (SSSR count). The number of carbonyl (C=O) groups excluding carboxylic acids is 1. The van der Waals surface area contributed by atoms with Crippen molar-refractivity contribution in [1.82, 2.24) is 9.88 Å². The second-order valence-corrected chi connectivity index (χ2v) is 9.08. The van der Waals surface area contributed by atoms with Crippen molar-refractivity contribution in [2.75, 3.05) is 44.3 Å². The van der Waals surface area contributed by atoms with Crippen molar-refractivity contribution < 1.29 is 14.5 Å². The highest BCUT2D eigenvalue weighted by Gasteiger charge is 2.23. The molecule has 1 fully saturated rings. The Morgan fingerprint density at radius 3 is 2.69 bits per heavy atom. The number of ether oxygens (including phenoxy) is 1. The largest absolute Gasteiger partial charge is 0.379 e. The lowest BCUT2D eigenvalue weighted by molar-refractivity contribution is -0.384. The SMILES string of the molecule is Cc1cc(Cl)cc2sc(N(CCCN3CCOCC3)C(=O)c3ccc([N+](=O)[O-])cc3)nc12. The Morgan fingerprint density at radius 1 is 1.28 bits per heavy atom. The Labute approximate surface area is 194 Å². The second kappa shape index (κ2) is 9.91. The van der Waals surface area contributed by atoms with Crippen LogP contribution in [0, 0.1) is 17.0 Å². The van der Waals surface area contributed by atoms with Crippen LogP contribution >= 0.6 is 22.9 Å². The summed E-state index contributed by atoms with van der Waals surface area (Å²) >= 11 is 7.63. The average Bonchev–Trinajstić information content (AvgIpc) is 3.21. The number of benzene rings is 2. The molecule has 0 aliphatic carbocycles. The van der Waals surface area contributed by atoms with E-state index in [2.05, 4.69) is 4.90 Å². The number of aryl methyl sites for hydroxylation is 1. The fourth-order valence-corrected chi connectivity index (χ4v) is 5.15. The first-order valence-electron chi connectivity index (χ1n) is 10.4. The number of rotatable bonds is 7. The van der Waals surface area contributed by atoms with Crippen molar-refractivity contribution in [3.05, 3.63) is 62.7 Å². The van der Waals surface area contributed by atoms with Crippen LogP contribution in [-0.2, 0) is 4.74 Å². The van der Waals surface area contributed by atoms with E-state index in [4.69, 9.17) is 21.3 Å². The molecule has 32 heavy (non-hydrogen) atoms. The molecule has 1 saturated heterocycles. The van der Waals surface area contributed by atoms with Crippen LogP contribution in [0.25, 0.3) is 10.2 Å². The molecule has 2 heterocycles. The van der Waals surface area contributed by atoms with Crippen LogP contribution in [-0.4, -0.2) is 60.1 Å². The predicted molar refractivity (Wildman–Crippen MR) is 126 cm³/mol. The zero-order valence-electron chi connectivity index (χ0n) is 17.6. The molecule has 1 amide bonds. The predicted octanol–water partition coefficient (Wildman–Crippen LogP) is 4.54. The number of thiazole rings is 1. The molecule has 1 aromatic heterocycles. The minimum Gasteiger partial charge on any atom is -0.379 e. The van der Waals surface area contributed by atoms with Gasteiger partial charge in [-0.15, -0.1) is 0 Å². The van der Waals surface area contributed by atoms with Crippen LogP contribution in [0.2, 0.25) is 5.02 Å². The molecular weight excluding hydrogens is 452 g/mol. The minimum atomic E-state index is -0.478. The van der Waals surface area contributed by atoms with Gasteiger partial charge in [-0.2, -0.15) is 0 Å². The number of morpholine rings is 1. The van der Waals surface area contributed by atoms with Gasteiger partial charge in [0.15, 0.2) is 5.13 Å². The summed E-state index contributed by atoms with van der Waals surface area (Å²) in [5.74, 6) is -0.232. The first kappa shape index (κ1) is 22.6. The van der Waals surface area contributed by atoms with E-state index in [0.717, 1.165) is 55.0 Å². The number of nitro groups is 1. The van der Waals surface area contributed by atoms with E-state index in [0.29, 0.717) is 22.3 Å². The normalized spacial score (nSPS) is 14.6. The van der Waals surface area contributed by atoms with Crippen LogP contribution in [0.15, 0.2) is 36.4 Å². The highest BCUT2D eigenvalue weighted by Crippen LogP contribution is 2.34. The minimum absolute atomic E-state index is 0.0503. The summed E-state index contributed by atoms with van der Waals surface area (Å²) in [7, 11) is 0. The van der Waals surface area contributed by atoms with Crippen LogP contribution in [0.4, 0.5) is 10.8 Å². The Hall–Kier alpha value is -2.59. The Kier molecular flexibility index (Phi) is 7.00. The third kappa shape index (κ3) is 5.07. The van der Waals surface area contributed by atoms with Gasteiger partial charge in [-0.3, -0.25) is 24.7 Å². The molecule has 0 spiro atoms. The van der Waals surface area contributed by atoms with E-state index >= 15 is 0 Å². The maximum atomic E-state index is 13.4. The number of non-ortho nitro benzene ring substituents is 1. The van der Waals surface area contributed by atoms with E-state index < -0.39 is 4.92 Å². The number of carbonyl (C=O) groups is 1. The van der Waals surface area contributed by atoms with Gasteiger partial charge in [0.25, 0.3) is 11.6 Å².